The Kier molecular flexibility index (Phi) is 5.26. The first-order chi connectivity index (χ1) is 17.8. The van der Waals surface area contributed by atoms with Gasteiger partial charge in [-0.1, -0.05) is 42.0 Å². The van der Waals surface area contributed by atoms with Gasteiger partial charge in [0.2, 0.25) is 11.8 Å². The molecule has 6 rings (SSSR count). The van der Waals surface area contributed by atoms with E-state index in [4.69, 9.17) is 4.74 Å². The molecule has 186 valence electrons. The van der Waals surface area contributed by atoms with Gasteiger partial charge in [-0.05, 0) is 50.0 Å². The number of carbonyl (C=O) groups excluding carboxylic acids is 4. The highest BCUT2D eigenvalue weighted by Crippen LogP contribution is 2.57. The second kappa shape index (κ2) is 8.40. The van der Waals surface area contributed by atoms with Crippen molar-refractivity contribution in [3.8, 4) is 11.5 Å². The maximum Gasteiger partial charge on any atom is 0.238 e. The maximum absolute atomic E-state index is 13.8. The van der Waals surface area contributed by atoms with Gasteiger partial charge in [-0.3, -0.25) is 24.1 Å². The van der Waals surface area contributed by atoms with Crippen LogP contribution in [0.5, 0.6) is 11.5 Å². The SMILES string of the molecule is COc1cccc(C2C3=CCC4C(=O)N(c5ccccc5)C(=O)C4C3CC3=C2C(=O)C(C)=CC3=O)c1O. The smallest absolute Gasteiger partial charge is 0.238 e. The number of methoxy groups -OCH3 is 1. The second-order valence-electron chi connectivity index (χ2n) is 9.97. The summed E-state index contributed by atoms with van der Waals surface area (Å²) in [6.07, 6.45) is 3.81. The predicted octanol–water partition coefficient (Wildman–Crippen LogP) is 4.03. The number of aromatic hydroxyl groups is 1. The molecule has 1 heterocycles. The average molecular weight is 496 g/mol. The Bertz CT molecular complexity index is 1480. The van der Waals surface area contributed by atoms with Crippen molar-refractivity contribution in [2.45, 2.75) is 25.7 Å². The van der Waals surface area contributed by atoms with Gasteiger partial charge in [-0.2, -0.15) is 0 Å². The van der Waals surface area contributed by atoms with Crippen molar-refractivity contribution in [3.05, 3.63) is 88.5 Å². The summed E-state index contributed by atoms with van der Waals surface area (Å²) in [5, 5.41) is 11.1. The number of rotatable bonds is 3. The molecule has 7 nitrogen and oxygen atoms in total. The molecule has 4 atom stereocenters. The van der Waals surface area contributed by atoms with Crippen molar-refractivity contribution >= 4 is 29.1 Å². The lowest BCUT2D eigenvalue weighted by molar-refractivity contribution is -0.123. The number of hydrogen-bond acceptors (Lipinski definition) is 6. The molecular formula is C30H25NO6. The molecule has 2 aromatic rings. The van der Waals surface area contributed by atoms with E-state index in [1.54, 1.807) is 49.4 Å². The number of imide groups is 1. The summed E-state index contributed by atoms with van der Waals surface area (Å²) in [4.78, 5) is 55.2. The van der Waals surface area contributed by atoms with Gasteiger partial charge in [0.25, 0.3) is 0 Å². The van der Waals surface area contributed by atoms with Crippen molar-refractivity contribution in [1.82, 2.24) is 0 Å². The van der Waals surface area contributed by atoms with Crippen LogP contribution in [0.25, 0.3) is 0 Å². The number of Topliss-reactive ketones (excluding diaryl/α,β-unsaturated/α-hetero) is 1. The zero-order valence-electron chi connectivity index (χ0n) is 20.4. The lowest BCUT2D eigenvalue weighted by atomic mass is 9.59. The molecule has 0 spiro atoms. The molecule has 1 aliphatic heterocycles. The highest BCUT2D eigenvalue weighted by molar-refractivity contribution is 6.25. The van der Waals surface area contributed by atoms with Crippen LogP contribution in [0.1, 0.15) is 31.2 Å². The van der Waals surface area contributed by atoms with Crippen molar-refractivity contribution in [1.29, 1.82) is 0 Å². The topological polar surface area (TPSA) is 101 Å². The number of carbonyl (C=O) groups is 4. The van der Waals surface area contributed by atoms with E-state index < -0.39 is 23.7 Å². The molecule has 4 aliphatic rings. The molecule has 0 aromatic heterocycles. The maximum atomic E-state index is 13.8. The molecule has 1 fully saturated rings. The number of hydrogen-bond donors (Lipinski definition) is 1. The Morgan fingerprint density at radius 1 is 0.946 bits per heavy atom. The summed E-state index contributed by atoms with van der Waals surface area (Å²) < 4.78 is 5.33. The molecule has 7 heteroatoms. The van der Waals surface area contributed by atoms with Gasteiger partial charge in [0.1, 0.15) is 0 Å². The standard InChI is InChI=1S/C30H25NO6/c1-15-13-22(32)21-14-20-17(24(26(21)27(15)33)18-9-6-10-23(37-2)28(18)34)11-12-19-25(20)30(36)31(29(19)35)16-7-4-3-5-8-16/h3-11,13,19-20,24-25,34H,12,14H2,1-2H3. The number of phenolic OH excluding ortho intramolecular Hbond substituents is 1. The molecule has 2 aromatic carbocycles. The van der Waals surface area contributed by atoms with Gasteiger partial charge >= 0.3 is 0 Å². The average Bonchev–Trinajstić information content (AvgIpc) is 3.16. The van der Waals surface area contributed by atoms with E-state index in [1.165, 1.54) is 18.1 Å². The zero-order valence-corrected chi connectivity index (χ0v) is 20.4. The monoisotopic (exact) mass is 495 g/mol. The quantitative estimate of drug-likeness (QED) is 0.392. The molecule has 2 amide bonds. The lowest BCUT2D eigenvalue weighted by Gasteiger charge is -2.42. The van der Waals surface area contributed by atoms with Crippen LogP contribution in [0.15, 0.2) is 83.0 Å². The van der Waals surface area contributed by atoms with Crippen LogP contribution in [0, 0.1) is 17.8 Å². The van der Waals surface area contributed by atoms with Crippen molar-refractivity contribution in [2.75, 3.05) is 12.0 Å². The van der Waals surface area contributed by atoms with Crippen molar-refractivity contribution in [2.24, 2.45) is 17.8 Å². The number of phenols is 1. The van der Waals surface area contributed by atoms with Crippen LogP contribution in [0.2, 0.25) is 0 Å². The van der Waals surface area contributed by atoms with Crippen LogP contribution in [-0.2, 0) is 19.2 Å². The highest BCUT2D eigenvalue weighted by atomic mass is 16.5. The first-order valence-corrected chi connectivity index (χ1v) is 12.3. The fourth-order valence-corrected chi connectivity index (χ4v) is 6.49. The molecule has 0 bridgehead atoms. The Balaban J connectivity index is 1.52. The predicted molar refractivity (Wildman–Crippen MR) is 135 cm³/mol. The Labute approximate surface area is 213 Å². The number of benzene rings is 2. The third-order valence-electron chi connectivity index (χ3n) is 8.14. The molecular weight excluding hydrogens is 470 g/mol. The summed E-state index contributed by atoms with van der Waals surface area (Å²) in [5.41, 5.74) is 2.78. The number of ketones is 2. The molecule has 0 radical (unpaired) electrons. The summed E-state index contributed by atoms with van der Waals surface area (Å²) in [6, 6.07) is 13.9. The van der Waals surface area contributed by atoms with Gasteiger partial charge < -0.3 is 9.84 Å². The van der Waals surface area contributed by atoms with E-state index in [-0.39, 0.29) is 41.3 Å². The minimum atomic E-state index is -0.724. The normalized spacial score (nSPS) is 26.9. The second-order valence-corrected chi connectivity index (χ2v) is 9.97. The van der Waals surface area contributed by atoms with Gasteiger partial charge in [-0.25, -0.2) is 0 Å². The molecule has 0 saturated carbocycles. The number of amides is 2. The molecule has 1 saturated heterocycles. The molecule has 1 N–H and O–H groups in total. The third kappa shape index (κ3) is 3.26. The highest BCUT2D eigenvalue weighted by Gasteiger charge is 2.56. The van der Waals surface area contributed by atoms with E-state index in [0.717, 1.165) is 5.57 Å². The first-order valence-electron chi connectivity index (χ1n) is 12.3. The molecule has 4 unspecified atom stereocenters. The largest absolute Gasteiger partial charge is 0.504 e. The minimum absolute atomic E-state index is 0.113. The minimum Gasteiger partial charge on any atom is -0.504 e. The lowest BCUT2D eigenvalue weighted by Crippen LogP contribution is -2.39. The van der Waals surface area contributed by atoms with Gasteiger partial charge in [0, 0.05) is 28.2 Å². The third-order valence-corrected chi connectivity index (χ3v) is 8.14. The number of anilines is 1. The summed E-state index contributed by atoms with van der Waals surface area (Å²) in [7, 11) is 1.45. The van der Waals surface area contributed by atoms with Crippen LogP contribution in [0.4, 0.5) is 5.69 Å². The summed E-state index contributed by atoms with van der Waals surface area (Å²) in [6.45, 7) is 1.61. The van der Waals surface area contributed by atoms with Crippen molar-refractivity contribution in [3.63, 3.8) is 0 Å². The Morgan fingerprint density at radius 2 is 1.70 bits per heavy atom. The van der Waals surface area contributed by atoms with E-state index in [1.807, 2.05) is 12.1 Å². The summed E-state index contributed by atoms with van der Waals surface area (Å²) in [5.74, 6) is -3.31. The van der Waals surface area contributed by atoms with E-state index in [2.05, 4.69) is 0 Å². The van der Waals surface area contributed by atoms with Gasteiger partial charge in [0.15, 0.2) is 23.1 Å². The molecule has 3 aliphatic carbocycles. The van der Waals surface area contributed by atoms with Crippen LogP contribution in [0.3, 0.4) is 0 Å². The Morgan fingerprint density at radius 3 is 2.43 bits per heavy atom. The van der Waals surface area contributed by atoms with Gasteiger partial charge in [-0.15, -0.1) is 0 Å². The number of nitrogens with zero attached hydrogens (tertiary/aromatic N) is 1. The Hall–Kier alpha value is -4.26. The number of allylic oxidation sites excluding steroid dienone is 6. The number of ether oxygens (including phenoxy) is 1. The van der Waals surface area contributed by atoms with Crippen LogP contribution in [-0.4, -0.2) is 35.6 Å². The number of fused-ring (bicyclic) bond motifs is 3. The van der Waals surface area contributed by atoms with Crippen LogP contribution < -0.4 is 9.64 Å². The zero-order chi connectivity index (χ0) is 26.0. The first kappa shape index (κ1) is 23.2. The van der Waals surface area contributed by atoms with Crippen molar-refractivity contribution < 1.29 is 29.0 Å². The van der Waals surface area contributed by atoms with Crippen LogP contribution >= 0.6 is 0 Å². The van der Waals surface area contributed by atoms with E-state index >= 15 is 0 Å². The fourth-order valence-electron chi connectivity index (χ4n) is 6.49. The fraction of sp³-hybridized carbons (Fsp3) is 0.267. The number of para-hydroxylation sites is 2. The van der Waals surface area contributed by atoms with Gasteiger partial charge in [0.05, 0.1) is 24.6 Å². The van der Waals surface area contributed by atoms with E-state index in [0.29, 0.717) is 34.4 Å². The van der Waals surface area contributed by atoms with E-state index in [9.17, 15) is 24.3 Å². The molecule has 37 heavy (non-hydrogen) atoms. The summed E-state index contributed by atoms with van der Waals surface area (Å²) >= 11 is 0.